The summed E-state index contributed by atoms with van der Waals surface area (Å²) < 4.78 is 35.0. The maximum atomic E-state index is 14.0. The van der Waals surface area contributed by atoms with Crippen molar-refractivity contribution in [2.24, 2.45) is 0 Å². The Morgan fingerprint density at radius 3 is 1.74 bits per heavy atom. The molecule has 0 aliphatic carbocycles. The number of aryl methyl sites for hydroxylation is 2. The van der Waals surface area contributed by atoms with E-state index in [1.165, 1.54) is 18.5 Å². The number of nitrogens with zero attached hydrogens (tertiary/aromatic N) is 4. The fraction of sp³-hybridized carbons (Fsp3) is 0.231. The molecule has 0 unspecified atom stereocenters. The third kappa shape index (κ3) is 5.87. The van der Waals surface area contributed by atoms with Crippen molar-refractivity contribution in [3.63, 3.8) is 0 Å². The van der Waals surface area contributed by atoms with E-state index in [0.717, 1.165) is 38.7 Å². The second-order valence-corrected chi connectivity index (χ2v) is 9.08. The molecular weight excluding hydrogens is 541 g/mol. The van der Waals surface area contributed by atoms with Crippen LogP contribution >= 0.6 is 23.2 Å². The number of phenols is 1. The summed E-state index contributed by atoms with van der Waals surface area (Å²) in [4.78, 5) is 24.1. The second kappa shape index (κ2) is 11.7. The van der Waals surface area contributed by atoms with E-state index in [4.69, 9.17) is 27.9 Å². The number of aromatic nitrogens is 4. The SMILES string of the molecule is CCOc1cc(-n2ncc(C)c(C)c2=O)c(F)cc1Cl.Cc1cnn(-c2cc(O)c(Cl)cc2F)c(=O)c1C. The van der Waals surface area contributed by atoms with Crippen molar-refractivity contribution in [2.75, 3.05) is 6.61 Å². The highest BCUT2D eigenvalue weighted by atomic mass is 35.5. The van der Waals surface area contributed by atoms with Gasteiger partial charge in [0.05, 0.1) is 29.0 Å². The quantitative estimate of drug-likeness (QED) is 0.357. The lowest BCUT2D eigenvalue weighted by molar-refractivity contribution is 0.339. The fourth-order valence-corrected chi connectivity index (χ4v) is 3.58. The lowest BCUT2D eigenvalue weighted by atomic mass is 10.2. The summed E-state index contributed by atoms with van der Waals surface area (Å²) in [6, 6.07) is 4.51. The highest BCUT2D eigenvalue weighted by Gasteiger charge is 2.15. The van der Waals surface area contributed by atoms with Gasteiger partial charge in [-0.2, -0.15) is 19.6 Å². The smallest absolute Gasteiger partial charge is 0.274 e. The zero-order valence-corrected chi connectivity index (χ0v) is 22.7. The molecule has 4 rings (SSSR count). The van der Waals surface area contributed by atoms with Crippen molar-refractivity contribution < 1.29 is 18.6 Å². The van der Waals surface area contributed by atoms with E-state index < -0.39 is 17.2 Å². The van der Waals surface area contributed by atoms with Crippen molar-refractivity contribution in [3.05, 3.63) is 101 Å². The lowest BCUT2D eigenvalue weighted by Crippen LogP contribution is -2.24. The standard InChI is InChI=1S/C14H14ClFN2O2.C12H10ClFN2O2/c1-4-20-13-6-12(11(16)5-10(13)15)18-14(19)9(3)8(2)7-17-18;1-6-5-15-16(12(18)7(6)2)10-4-11(17)8(13)3-9(10)14/h5-7H,4H2,1-3H3;3-5,17H,1-2H3. The Balaban J connectivity index is 0.000000212. The highest BCUT2D eigenvalue weighted by Crippen LogP contribution is 2.29. The monoisotopic (exact) mass is 564 g/mol. The maximum Gasteiger partial charge on any atom is 0.274 e. The molecule has 2 heterocycles. The van der Waals surface area contributed by atoms with E-state index in [1.54, 1.807) is 34.6 Å². The Hall–Kier alpha value is -3.76. The molecule has 2 aromatic carbocycles. The van der Waals surface area contributed by atoms with Crippen molar-refractivity contribution in [1.29, 1.82) is 0 Å². The molecule has 0 saturated carbocycles. The summed E-state index contributed by atoms with van der Waals surface area (Å²) in [6.07, 6.45) is 2.98. The van der Waals surface area contributed by atoms with E-state index in [-0.39, 0.29) is 32.7 Å². The summed E-state index contributed by atoms with van der Waals surface area (Å²) >= 11 is 11.5. The Bertz CT molecular complexity index is 1640. The first-order valence-corrected chi connectivity index (χ1v) is 12.0. The van der Waals surface area contributed by atoms with Gasteiger partial charge in [0, 0.05) is 23.3 Å². The summed E-state index contributed by atoms with van der Waals surface area (Å²) in [5.74, 6) is -1.34. The number of aromatic hydroxyl groups is 1. The minimum absolute atomic E-state index is 0.0194. The van der Waals surface area contributed by atoms with Gasteiger partial charge < -0.3 is 9.84 Å². The number of hydrogen-bond acceptors (Lipinski definition) is 6. The second-order valence-electron chi connectivity index (χ2n) is 8.26. The molecule has 200 valence electrons. The van der Waals surface area contributed by atoms with Gasteiger partial charge in [0.25, 0.3) is 11.1 Å². The molecule has 8 nitrogen and oxygen atoms in total. The van der Waals surface area contributed by atoms with Crippen LogP contribution in [0.3, 0.4) is 0 Å². The molecule has 0 fully saturated rings. The number of rotatable bonds is 4. The van der Waals surface area contributed by atoms with E-state index in [1.807, 2.05) is 0 Å². The Labute approximate surface area is 226 Å². The van der Waals surface area contributed by atoms with Gasteiger partial charge in [0.2, 0.25) is 0 Å². The summed E-state index contributed by atoms with van der Waals surface area (Å²) in [7, 11) is 0. The van der Waals surface area contributed by atoms with Crippen LogP contribution in [0.5, 0.6) is 11.5 Å². The predicted octanol–water partition coefficient (Wildman–Crippen LogP) is 5.39. The Morgan fingerprint density at radius 1 is 0.816 bits per heavy atom. The molecule has 38 heavy (non-hydrogen) atoms. The molecule has 0 amide bonds. The first kappa shape index (κ1) is 28.8. The van der Waals surface area contributed by atoms with Crippen LogP contribution in [-0.2, 0) is 0 Å². The molecule has 0 bridgehead atoms. The normalized spacial score (nSPS) is 10.7. The van der Waals surface area contributed by atoms with Crippen LogP contribution < -0.4 is 15.9 Å². The van der Waals surface area contributed by atoms with Crippen molar-refractivity contribution in [2.45, 2.75) is 34.6 Å². The molecule has 0 saturated heterocycles. The van der Waals surface area contributed by atoms with Gasteiger partial charge in [-0.15, -0.1) is 0 Å². The van der Waals surface area contributed by atoms with Crippen LogP contribution in [0.4, 0.5) is 8.78 Å². The number of hydrogen-bond donors (Lipinski definition) is 1. The van der Waals surface area contributed by atoms with Crippen LogP contribution in [0.25, 0.3) is 11.4 Å². The average molecular weight is 565 g/mol. The fourth-order valence-electron chi connectivity index (χ4n) is 3.22. The van der Waals surface area contributed by atoms with Crippen LogP contribution in [0.1, 0.15) is 29.2 Å². The Kier molecular flexibility index (Phi) is 8.90. The van der Waals surface area contributed by atoms with E-state index in [9.17, 15) is 23.5 Å². The zero-order chi connectivity index (χ0) is 28.3. The van der Waals surface area contributed by atoms with Gasteiger partial charge in [-0.3, -0.25) is 9.59 Å². The molecule has 0 radical (unpaired) electrons. The van der Waals surface area contributed by atoms with Gasteiger partial charge in [0.1, 0.15) is 22.9 Å². The van der Waals surface area contributed by atoms with E-state index >= 15 is 0 Å². The van der Waals surface area contributed by atoms with Gasteiger partial charge in [-0.1, -0.05) is 23.2 Å². The predicted molar refractivity (Wildman–Crippen MR) is 141 cm³/mol. The van der Waals surface area contributed by atoms with Crippen molar-refractivity contribution in [1.82, 2.24) is 19.6 Å². The van der Waals surface area contributed by atoms with E-state index in [0.29, 0.717) is 23.5 Å². The average Bonchev–Trinajstić information content (AvgIpc) is 2.86. The van der Waals surface area contributed by atoms with Crippen LogP contribution in [0.15, 0.2) is 46.2 Å². The number of halogens is 4. The molecule has 2 aromatic heterocycles. The van der Waals surface area contributed by atoms with Crippen molar-refractivity contribution >= 4 is 23.2 Å². The van der Waals surface area contributed by atoms with Gasteiger partial charge in [0.15, 0.2) is 11.6 Å². The third-order valence-electron chi connectivity index (χ3n) is 5.72. The molecule has 12 heteroatoms. The summed E-state index contributed by atoms with van der Waals surface area (Å²) in [6.45, 7) is 9.00. The number of benzene rings is 2. The zero-order valence-electron chi connectivity index (χ0n) is 21.1. The van der Waals surface area contributed by atoms with E-state index in [2.05, 4.69) is 10.2 Å². The Morgan fingerprint density at radius 2 is 1.26 bits per heavy atom. The van der Waals surface area contributed by atoms with Gasteiger partial charge >= 0.3 is 0 Å². The number of phenolic OH excluding ortho intramolecular Hbond substituents is 1. The van der Waals surface area contributed by atoms with Crippen LogP contribution in [0, 0.1) is 39.3 Å². The highest BCUT2D eigenvalue weighted by molar-refractivity contribution is 6.32. The molecular formula is C26H24Cl2F2N4O4. The third-order valence-corrected chi connectivity index (χ3v) is 6.31. The van der Waals surface area contributed by atoms with Crippen molar-refractivity contribution in [3.8, 4) is 22.9 Å². The first-order valence-electron chi connectivity index (χ1n) is 11.3. The molecule has 0 spiro atoms. The van der Waals surface area contributed by atoms with Gasteiger partial charge in [-0.05, 0) is 57.9 Å². The molecule has 4 aromatic rings. The molecule has 0 aliphatic heterocycles. The summed E-state index contributed by atoms with van der Waals surface area (Å²) in [5.41, 5.74) is 1.55. The van der Waals surface area contributed by atoms with Gasteiger partial charge in [-0.25, -0.2) is 8.78 Å². The molecule has 0 aliphatic rings. The topological polar surface area (TPSA) is 99.2 Å². The first-order chi connectivity index (χ1) is 17.9. The minimum atomic E-state index is -0.726. The minimum Gasteiger partial charge on any atom is -0.506 e. The lowest BCUT2D eigenvalue weighted by Gasteiger charge is -2.11. The summed E-state index contributed by atoms with van der Waals surface area (Å²) in [5, 5.41) is 17.3. The molecule has 0 atom stereocenters. The maximum absolute atomic E-state index is 14.0. The van der Waals surface area contributed by atoms with Crippen LogP contribution in [0.2, 0.25) is 10.0 Å². The van der Waals surface area contributed by atoms with Crippen LogP contribution in [-0.4, -0.2) is 31.3 Å². The largest absolute Gasteiger partial charge is 0.506 e. The number of ether oxygens (including phenoxy) is 1. The molecule has 1 N–H and O–H groups in total.